The van der Waals surface area contributed by atoms with Crippen molar-refractivity contribution < 1.29 is 17.9 Å². The first-order chi connectivity index (χ1) is 6.55. The molecule has 4 nitrogen and oxygen atoms in total. The standard InChI is InChI=1S/C6H6F3N3OS/c7-6(8,9)4-11-5(14-12-4)13-3-1-10-2-3/h3,10H,1-2H2. The van der Waals surface area contributed by atoms with Crippen molar-refractivity contribution in [2.45, 2.75) is 12.3 Å². The lowest BCUT2D eigenvalue weighted by Crippen LogP contribution is -2.50. The van der Waals surface area contributed by atoms with Crippen molar-refractivity contribution in [3.8, 4) is 5.19 Å². The summed E-state index contributed by atoms with van der Waals surface area (Å²) in [7, 11) is 0. The van der Waals surface area contributed by atoms with E-state index in [-0.39, 0.29) is 11.3 Å². The van der Waals surface area contributed by atoms with E-state index in [2.05, 4.69) is 14.7 Å². The van der Waals surface area contributed by atoms with Gasteiger partial charge in [0.25, 0.3) is 11.0 Å². The van der Waals surface area contributed by atoms with Crippen LogP contribution in [0.5, 0.6) is 5.19 Å². The lowest BCUT2D eigenvalue weighted by Gasteiger charge is -2.25. The molecule has 0 radical (unpaired) electrons. The number of nitrogens with one attached hydrogen (secondary N) is 1. The second-order valence-electron chi connectivity index (χ2n) is 2.78. The molecule has 1 fully saturated rings. The molecule has 1 aliphatic rings. The number of aromatic nitrogens is 2. The lowest BCUT2D eigenvalue weighted by molar-refractivity contribution is -0.144. The topological polar surface area (TPSA) is 47.0 Å². The van der Waals surface area contributed by atoms with Crippen LogP contribution >= 0.6 is 11.5 Å². The number of ether oxygens (including phenoxy) is 1. The predicted octanol–water partition coefficient (Wildman–Crippen LogP) is 0.907. The maximum atomic E-state index is 12.0. The fourth-order valence-corrected chi connectivity index (χ4v) is 1.48. The molecular weight excluding hydrogens is 219 g/mol. The average Bonchev–Trinajstić information content (AvgIpc) is 2.43. The van der Waals surface area contributed by atoms with Gasteiger partial charge in [-0.15, -0.1) is 0 Å². The molecule has 0 atom stereocenters. The van der Waals surface area contributed by atoms with Crippen LogP contribution in [0.3, 0.4) is 0 Å². The van der Waals surface area contributed by atoms with Crippen LogP contribution in [0, 0.1) is 0 Å². The Hall–Kier alpha value is -0.890. The van der Waals surface area contributed by atoms with Crippen LogP contribution in [0.1, 0.15) is 5.82 Å². The van der Waals surface area contributed by atoms with Gasteiger partial charge in [0.1, 0.15) is 6.10 Å². The Morgan fingerprint density at radius 3 is 2.57 bits per heavy atom. The molecule has 2 heterocycles. The summed E-state index contributed by atoms with van der Waals surface area (Å²) in [5.41, 5.74) is 0. The normalized spacial score (nSPS) is 17.9. The van der Waals surface area contributed by atoms with Crippen molar-refractivity contribution in [3.63, 3.8) is 0 Å². The highest BCUT2D eigenvalue weighted by Crippen LogP contribution is 2.30. The Labute approximate surface area is 81.3 Å². The average molecular weight is 225 g/mol. The third kappa shape index (κ3) is 1.95. The molecule has 8 heteroatoms. The highest BCUT2D eigenvalue weighted by Gasteiger charge is 2.36. The highest BCUT2D eigenvalue weighted by molar-refractivity contribution is 7.07. The first kappa shape index (κ1) is 9.66. The summed E-state index contributed by atoms with van der Waals surface area (Å²) in [6.07, 6.45) is -4.57. The monoisotopic (exact) mass is 225 g/mol. The van der Waals surface area contributed by atoms with Gasteiger partial charge in [-0.05, 0) is 0 Å². The third-order valence-corrected chi connectivity index (χ3v) is 2.28. The fourth-order valence-electron chi connectivity index (χ4n) is 0.861. The lowest BCUT2D eigenvalue weighted by atomic mass is 10.2. The SMILES string of the molecule is FC(F)(F)c1nsc(OC2CNC2)n1. The summed E-state index contributed by atoms with van der Waals surface area (Å²) in [6, 6.07) is 0. The van der Waals surface area contributed by atoms with Crippen molar-refractivity contribution in [2.75, 3.05) is 13.1 Å². The van der Waals surface area contributed by atoms with Crippen LogP contribution in [0.25, 0.3) is 0 Å². The molecule has 0 spiro atoms. The van der Waals surface area contributed by atoms with Gasteiger partial charge in [0.15, 0.2) is 0 Å². The molecule has 1 N–H and O–H groups in total. The van der Waals surface area contributed by atoms with Crippen LogP contribution in [0.2, 0.25) is 0 Å². The zero-order chi connectivity index (χ0) is 10.2. The molecule has 0 aliphatic carbocycles. The summed E-state index contributed by atoms with van der Waals surface area (Å²) in [4.78, 5) is 3.24. The maximum absolute atomic E-state index is 12.0. The van der Waals surface area contributed by atoms with Gasteiger partial charge in [0.2, 0.25) is 0 Å². The van der Waals surface area contributed by atoms with E-state index in [1.807, 2.05) is 0 Å². The van der Waals surface area contributed by atoms with Gasteiger partial charge in [0, 0.05) is 24.6 Å². The maximum Gasteiger partial charge on any atom is 0.452 e. The third-order valence-electron chi connectivity index (χ3n) is 1.67. The minimum Gasteiger partial charge on any atom is -0.463 e. The van der Waals surface area contributed by atoms with Crippen LogP contribution in [0.15, 0.2) is 0 Å². The summed E-state index contributed by atoms with van der Waals surface area (Å²) >= 11 is 0.623. The van der Waals surface area contributed by atoms with Crippen molar-refractivity contribution in [3.05, 3.63) is 5.82 Å². The largest absolute Gasteiger partial charge is 0.463 e. The van der Waals surface area contributed by atoms with Gasteiger partial charge in [-0.2, -0.15) is 22.5 Å². The molecule has 0 bridgehead atoms. The zero-order valence-electron chi connectivity index (χ0n) is 6.84. The Morgan fingerprint density at radius 2 is 2.14 bits per heavy atom. The van der Waals surface area contributed by atoms with Gasteiger partial charge in [-0.1, -0.05) is 0 Å². The summed E-state index contributed by atoms with van der Waals surface area (Å²) in [5.74, 6) is -1.13. The molecule has 1 aromatic rings. The molecule has 0 unspecified atom stereocenters. The molecule has 1 aliphatic heterocycles. The highest BCUT2D eigenvalue weighted by atomic mass is 32.1. The number of hydrogen-bond donors (Lipinski definition) is 1. The number of nitrogens with zero attached hydrogens (tertiary/aromatic N) is 2. The Balaban J connectivity index is 2.02. The zero-order valence-corrected chi connectivity index (χ0v) is 7.65. The predicted molar refractivity (Wildman–Crippen MR) is 42.2 cm³/mol. The second-order valence-corrected chi connectivity index (χ2v) is 3.49. The van der Waals surface area contributed by atoms with E-state index in [1.54, 1.807) is 0 Å². The number of alkyl halides is 3. The van der Waals surface area contributed by atoms with Gasteiger partial charge in [0.05, 0.1) is 0 Å². The van der Waals surface area contributed by atoms with E-state index in [4.69, 9.17) is 4.74 Å². The fraction of sp³-hybridized carbons (Fsp3) is 0.667. The molecule has 0 aromatic carbocycles. The summed E-state index contributed by atoms with van der Waals surface area (Å²) < 4.78 is 44.4. The molecular formula is C6H6F3N3OS. The number of rotatable bonds is 2. The van der Waals surface area contributed by atoms with Gasteiger partial charge in [-0.3, -0.25) is 0 Å². The van der Waals surface area contributed by atoms with Gasteiger partial charge >= 0.3 is 6.18 Å². The first-order valence-electron chi connectivity index (χ1n) is 3.84. The van der Waals surface area contributed by atoms with Gasteiger partial charge < -0.3 is 10.1 Å². The molecule has 1 aromatic heterocycles. The van der Waals surface area contributed by atoms with Crippen molar-refractivity contribution in [1.82, 2.24) is 14.7 Å². The summed E-state index contributed by atoms with van der Waals surface area (Å²) in [6.45, 7) is 1.28. The molecule has 14 heavy (non-hydrogen) atoms. The van der Waals surface area contributed by atoms with E-state index >= 15 is 0 Å². The second kappa shape index (κ2) is 3.35. The van der Waals surface area contributed by atoms with E-state index < -0.39 is 12.0 Å². The number of halogens is 3. The van der Waals surface area contributed by atoms with E-state index in [9.17, 15) is 13.2 Å². The van der Waals surface area contributed by atoms with E-state index in [1.165, 1.54) is 0 Å². The van der Waals surface area contributed by atoms with Crippen molar-refractivity contribution >= 4 is 11.5 Å². The van der Waals surface area contributed by atoms with Crippen molar-refractivity contribution in [2.24, 2.45) is 0 Å². The summed E-state index contributed by atoms with van der Waals surface area (Å²) in [5, 5.41) is 2.90. The van der Waals surface area contributed by atoms with E-state index in [0.29, 0.717) is 24.6 Å². The smallest absolute Gasteiger partial charge is 0.452 e. The Bertz CT molecular complexity index is 322. The van der Waals surface area contributed by atoms with Crippen LogP contribution in [-0.4, -0.2) is 28.6 Å². The van der Waals surface area contributed by atoms with E-state index in [0.717, 1.165) is 0 Å². The quantitative estimate of drug-likeness (QED) is 0.812. The first-order valence-corrected chi connectivity index (χ1v) is 4.61. The van der Waals surface area contributed by atoms with Crippen molar-refractivity contribution in [1.29, 1.82) is 0 Å². The molecule has 78 valence electrons. The van der Waals surface area contributed by atoms with Crippen LogP contribution in [-0.2, 0) is 6.18 Å². The van der Waals surface area contributed by atoms with Gasteiger partial charge in [-0.25, -0.2) is 0 Å². The molecule has 0 saturated carbocycles. The number of hydrogen-bond acceptors (Lipinski definition) is 5. The van der Waals surface area contributed by atoms with Crippen LogP contribution in [0.4, 0.5) is 13.2 Å². The van der Waals surface area contributed by atoms with Crippen LogP contribution < -0.4 is 10.1 Å². The molecule has 0 amide bonds. The minimum atomic E-state index is -4.49. The Morgan fingerprint density at radius 1 is 1.43 bits per heavy atom. The molecule has 2 rings (SSSR count). The minimum absolute atomic E-state index is 0.0242. The molecule has 1 saturated heterocycles. The Kier molecular flexibility index (Phi) is 2.31.